The van der Waals surface area contributed by atoms with Crippen molar-refractivity contribution < 1.29 is 24.3 Å². The number of carboxylic acids is 1. The van der Waals surface area contributed by atoms with Gasteiger partial charge in [0.2, 0.25) is 17.7 Å². The van der Waals surface area contributed by atoms with Gasteiger partial charge in [-0.15, -0.1) is 0 Å². The van der Waals surface area contributed by atoms with Crippen molar-refractivity contribution in [1.82, 2.24) is 25.9 Å². The summed E-state index contributed by atoms with van der Waals surface area (Å²) in [6.45, 7) is 3.51. The van der Waals surface area contributed by atoms with E-state index in [1.54, 1.807) is 13.1 Å². The van der Waals surface area contributed by atoms with E-state index in [2.05, 4.69) is 25.9 Å². The number of amides is 3. The van der Waals surface area contributed by atoms with E-state index in [0.717, 1.165) is 0 Å². The van der Waals surface area contributed by atoms with Gasteiger partial charge in [0.05, 0.1) is 12.4 Å². The SMILES string of the molecule is CCC(C)C(NC(=O)C(CCCCN)NC(=O)C(N)Cc1cnc[nH]1)C(=O)NCC(=O)O. The first kappa shape index (κ1) is 27.0. The number of aromatic amines is 1. The number of nitrogens with two attached hydrogens (primary N) is 2. The number of hydrogen-bond donors (Lipinski definition) is 7. The summed E-state index contributed by atoms with van der Waals surface area (Å²) in [6.07, 6.45) is 5.40. The van der Waals surface area contributed by atoms with E-state index in [1.807, 2.05) is 6.92 Å². The fraction of sp³-hybridized carbons (Fsp3) is 0.650. The Morgan fingerprint density at radius 2 is 1.88 bits per heavy atom. The van der Waals surface area contributed by atoms with Gasteiger partial charge in [0, 0.05) is 18.3 Å². The molecule has 9 N–H and O–H groups in total. The molecule has 1 heterocycles. The lowest BCUT2D eigenvalue weighted by atomic mass is 9.97. The Bertz CT molecular complexity index is 741. The number of aliphatic carboxylic acids is 1. The van der Waals surface area contributed by atoms with E-state index in [4.69, 9.17) is 16.6 Å². The Morgan fingerprint density at radius 3 is 2.44 bits per heavy atom. The van der Waals surface area contributed by atoms with Crippen LogP contribution in [0.1, 0.15) is 45.2 Å². The van der Waals surface area contributed by atoms with Crippen molar-refractivity contribution in [3.05, 3.63) is 18.2 Å². The number of nitrogens with zero attached hydrogens (tertiary/aromatic N) is 1. The molecule has 0 spiro atoms. The van der Waals surface area contributed by atoms with Crippen LogP contribution >= 0.6 is 0 Å². The maximum absolute atomic E-state index is 13.0. The van der Waals surface area contributed by atoms with Gasteiger partial charge in [0.15, 0.2) is 0 Å². The maximum Gasteiger partial charge on any atom is 0.322 e. The molecule has 1 aromatic rings. The van der Waals surface area contributed by atoms with E-state index >= 15 is 0 Å². The van der Waals surface area contributed by atoms with Crippen molar-refractivity contribution in [2.24, 2.45) is 17.4 Å². The predicted octanol–water partition coefficient (Wildman–Crippen LogP) is -1.37. The van der Waals surface area contributed by atoms with Crippen molar-refractivity contribution in [2.75, 3.05) is 13.1 Å². The molecule has 1 aromatic heterocycles. The van der Waals surface area contributed by atoms with Crippen LogP contribution in [0.25, 0.3) is 0 Å². The highest BCUT2D eigenvalue weighted by Gasteiger charge is 2.30. The van der Waals surface area contributed by atoms with Crippen molar-refractivity contribution in [3.8, 4) is 0 Å². The molecule has 12 heteroatoms. The minimum Gasteiger partial charge on any atom is -0.480 e. The third kappa shape index (κ3) is 9.43. The van der Waals surface area contributed by atoms with Gasteiger partial charge < -0.3 is 37.5 Å². The summed E-state index contributed by atoms with van der Waals surface area (Å²) in [5.41, 5.74) is 12.2. The summed E-state index contributed by atoms with van der Waals surface area (Å²) >= 11 is 0. The first-order valence-corrected chi connectivity index (χ1v) is 10.7. The average molecular weight is 454 g/mol. The third-order valence-electron chi connectivity index (χ3n) is 5.12. The molecule has 0 aliphatic heterocycles. The highest BCUT2D eigenvalue weighted by molar-refractivity contribution is 5.93. The monoisotopic (exact) mass is 453 g/mol. The fourth-order valence-electron chi connectivity index (χ4n) is 2.99. The fourth-order valence-corrected chi connectivity index (χ4v) is 2.99. The number of carbonyl (C=O) groups is 4. The highest BCUT2D eigenvalue weighted by atomic mass is 16.4. The predicted molar refractivity (Wildman–Crippen MR) is 117 cm³/mol. The molecule has 3 amide bonds. The maximum atomic E-state index is 13.0. The molecule has 180 valence electrons. The summed E-state index contributed by atoms with van der Waals surface area (Å²) < 4.78 is 0. The molecule has 1 rings (SSSR count). The van der Waals surface area contributed by atoms with E-state index in [0.29, 0.717) is 37.9 Å². The number of carbonyl (C=O) groups excluding carboxylic acids is 3. The minimum atomic E-state index is -1.19. The molecule has 0 saturated carbocycles. The Morgan fingerprint density at radius 1 is 1.16 bits per heavy atom. The molecule has 12 nitrogen and oxygen atoms in total. The number of carboxylic acid groups (broad SMARTS) is 1. The van der Waals surface area contributed by atoms with Gasteiger partial charge in [0.1, 0.15) is 18.6 Å². The molecule has 32 heavy (non-hydrogen) atoms. The van der Waals surface area contributed by atoms with Gasteiger partial charge in [-0.05, 0) is 31.7 Å². The van der Waals surface area contributed by atoms with Crippen molar-refractivity contribution in [1.29, 1.82) is 0 Å². The lowest BCUT2D eigenvalue weighted by Crippen LogP contribution is -2.57. The summed E-state index contributed by atoms with van der Waals surface area (Å²) in [7, 11) is 0. The molecule has 0 bridgehead atoms. The van der Waals surface area contributed by atoms with Gasteiger partial charge in [-0.3, -0.25) is 19.2 Å². The Labute approximate surface area is 187 Å². The molecule has 4 atom stereocenters. The zero-order valence-corrected chi connectivity index (χ0v) is 18.6. The van der Waals surface area contributed by atoms with Crippen LogP contribution in [0.15, 0.2) is 12.5 Å². The van der Waals surface area contributed by atoms with Gasteiger partial charge in [0.25, 0.3) is 0 Å². The smallest absolute Gasteiger partial charge is 0.322 e. The van der Waals surface area contributed by atoms with Gasteiger partial charge in [-0.1, -0.05) is 20.3 Å². The van der Waals surface area contributed by atoms with E-state index < -0.39 is 48.4 Å². The molecule has 4 unspecified atom stereocenters. The number of H-pyrrole nitrogens is 1. The van der Waals surface area contributed by atoms with Crippen LogP contribution in [0.5, 0.6) is 0 Å². The van der Waals surface area contributed by atoms with Crippen LogP contribution in [-0.2, 0) is 25.6 Å². The van der Waals surface area contributed by atoms with E-state index in [1.165, 1.54) is 6.33 Å². The highest BCUT2D eigenvalue weighted by Crippen LogP contribution is 2.10. The minimum absolute atomic E-state index is 0.218. The molecule has 0 aliphatic rings. The molecule has 0 aliphatic carbocycles. The molecule has 0 saturated heterocycles. The van der Waals surface area contributed by atoms with Crippen LogP contribution in [0.2, 0.25) is 0 Å². The number of hydrogen-bond acceptors (Lipinski definition) is 7. The Kier molecular flexibility index (Phi) is 12.0. The summed E-state index contributed by atoms with van der Waals surface area (Å²) in [5, 5.41) is 16.4. The number of aromatic nitrogens is 2. The van der Waals surface area contributed by atoms with Crippen molar-refractivity contribution in [2.45, 2.75) is 64.1 Å². The van der Waals surface area contributed by atoms with Gasteiger partial charge in [-0.2, -0.15) is 0 Å². The largest absolute Gasteiger partial charge is 0.480 e. The number of imidazole rings is 1. The third-order valence-corrected chi connectivity index (χ3v) is 5.12. The van der Waals surface area contributed by atoms with Crippen LogP contribution in [0.3, 0.4) is 0 Å². The second-order valence-corrected chi connectivity index (χ2v) is 7.72. The summed E-state index contributed by atoms with van der Waals surface area (Å²) in [5.74, 6) is -3.09. The second kappa shape index (κ2) is 14.1. The number of unbranched alkanes of at least 4 members (excludes halogenated alkanes) is 1. The van der Waals surface area contributed by atoms with Gasteiger partial charge >= 0.3 is 5.97 Å². The first-order chi connectivity index (χ1) is 15.2. The quantitative estimate of drug-likeness (QED) is 0.157. The van der Waals surface area contributed by atoms with E-state index in [-0.39, 0.29) is 12.3 Å². The van der Waals surface area contributed by atoms with E-state index in [9.17, 15) is 19.2 Å². The summed E-state index contributed by atoms with van der Waals surface area (Å²) in [6, 6.07) is -2.76. The molecule has 0 radical (unpaired) electrons. The van der Waals surface area contributed by atoms with Crippen LogP contribution < -0.4 is 27.4 Å². The Balaban J connectivity index is 2.86. The molecular formula is C20H35N7O5. The summed E-state index contributed by atoms with van der Waals surface area (Å²) in [4.78, 5) is 55.5. The average Bonchev–Trinajstić information content (AvgIpc) is 3.27. The molecule has 0 aromatic carbocycles. The zero-order chi connectivity index (χ0) is 24.1. The van der Waals surface area contributed by atoms with Gasteiger partial charge in [-0.25, -0.2) is 4.98 Å². The van der Waals surface area contributed by atoms with Crippen LogP contribution in [0, 0.1) is 5.92 Å². The van der Waals surface area contributed by atoms with Crippen molar-refractivity contribution >= 4 is 23.7 Å². The second-order valence-electron chi connectivity index (χ2n) is 7.72. The zero-order valence-electron chi connectivity index (χ0n) is 18.6. The first-order valence-electron chi connectivity index (χ1n) is 10.7. The van der Waals surface area contributed by atoms with Crippen molar-refractivity contribution in [3.63, 3.8) is 0 Å². The van der Waals surface area contributed by atoms with Crippen LogP contribution in [-0.4, -0.2) is 70.0 Å². The van der Waals surface area contributed by atoms with Crippen LogP contribution in [0.4, 0.5) is 0 Å². The number of rotatable bonds is 15. The molecule has 0 fully saturated rings. The lowest BCUT2D eigenvalue weighted by Gasteiger charge is -2.27. The molecular weight excluding hydrogens is 418 g/mol. The topological polar surface area (TPSA) is 205 Å². The number of nitrogens with one attached hydrogen (secondary N) is 4. The Hall–Kier alpha value is -2.99. The normalized spacial score (nSPS) is 14.6. The standard InChI is InChI=1S/C20H35N7O5/c1-3-12(2)17(20(32)24-10-16(28)29)27-19(31)15(6-4-5-7-21)26-18(30)14(22)8-13-9-23-11-25-13/h9,11-12,14-15,17H,3-8,10,21-22H2,1-2H3,(H,23,25)(H,24,32)(H,26,30)(H,27,31)(H,28,29). The lowest BCUT2D eigenvalue weighted by molar-refractivity contribution is -0.139.